The lowest BCUT2D eigenvalue weighted by Gasteiger charge is -2.12. The van der Waals surface area contributed by atoms with Gasteiger partial charge in [-0.3, -0.25) is 10.9 Å². The molecule has 0 saturated heterocycles. The summed E-state index contributed by atoms with van der Waals surface area (Å²) < 4.78 is 0. The molecule has 98 valence electrons. The second-order valence-electron chi connectivity index (χ2n) is 3.46. The molecule has 0 fully saturated rings. The smallest absolute Gasteiger partial charge is 0.185 e. The summed E-state index contributed by atoms with van der Waals surface area (Å²) in [6.45, 7) is 0.738. The van der Waals surface area contributed by atoms with Crippen LogP contribution >= 0.6 is 36.0 Å². The van der Waals surface area contributed by atoms with E-state index in [1.165, 1.54) is 5.56 Å². The Labute approximate surface area is 122 Å². The quantitative estimate of drug-likeness (QED) is 0.500. The number of thiocarbonyl (C=S) groups is 2. The lowest BCUT2D eigenvalue weighted by Crippen LogP contribution is -2.49. The Balaban J connectivity index is 2.19. The number of hydrazine groups is 1. The van der Waals surface area contributed by atoms with Crippen LogP contribution in [0.15, 0.2) is 24.3 Å². The molecule has 0 atom stereocenters. The molecule has 7 heteroatoms. The molecule has 0 saturated carbocycles. The molecule has 0 heterocycles. The highest BCUT2D eigenvalue weighted by Gasteiger charge is 1.97. The van der Waals surface area contributed by atoms with Crippen molar-refractivity contribution in [3.8, 4) is 0 Å². The third-order valence-electron chi connectivity index (χ3n) is 2.13. The molecule has 0 aliphatic rings. The number of nitrogens with one attached hydrogen (secondary N) is 4. The monoisotopic (exact) mass is 302 g/mol. The van der Waals surface area contributed by atoms with Crippen LogP contribution in [-0.2, 0) is 6.42 Å². The van der Waals surface area contributed by atoms with Gasteiger partial charge in [-0.05, 0) is 48.6 Å². The van der Waals surface area contributed by atoms with E-state index in [9.17, 15) is 0 Å². The van der Waals surface area contributed by atoms with Crippen molar-refractivity contribution in [2.24, 2.45) is 0 Å². The van der Waals surface area contributed by atoms with Crippen molar-refractivity contribution < 1.29 is 0 Å². The molecule has 0 bridgehead atoms. The van der Waals surface area contributed by atoms with Gasteiger partial charge in [0, 0.05) is 18.6 Å². The third-order valence-corrected chi connectivity index (χ3v) is 2.93. The molecule has 4 N–H and O–H groups in total. The maximum Gasteiger partial charge on any atom is 0.185 e. The molecule has 0 aliphatic heterocycles. The van der Waals surface area contributed by atoms with Gasteiger partial charge in [-0.1, -0.05) is 23.7 Å². The Bertz CT molecular complexity index is 408. The van der Waals surface area contributed by atoms with Gasteiger partial charge in [0.2, 0.25) is 0 Å². The van der Waals surface area contributed by atoms with E-state index in [0.29, 0.717) is 10.2 Å². The largest absolute Gasteiger partial charge is 0.364 e. The van der Waals surface area contributed by atoms with Crippen LogP contribution in [0, 0.1) is 0 Å². The predicted molar refractivity (Wildman–Crippen MR) is 83.7 cm³/mol. The van der Waals surface area contributed by atoms with Crippen molar-refractivity contribution in [3.63, 3.8) is 0 Å². The highest BCUT2D eigenvalue weighted by Crippen LogP contribution is 2.09. The van der Waals surface area contributed by atoms with Crippen LogP contribution in [0.1, 0.15) is 5.56 Å². The second-order valence-corrected chi connectivity index (χ2v) is 4.71. The Kier molecular flexibility index (Phi) is 6.70. The standard InChI is InChI=1S/C11H15ClN4S2/c1-13-10(17)15-16-11(18)14-7-6-8-2-4-9(12)5-3-8/h2-5H,6-7H2,1H3,(H2,13,15,17)(H2,14,16,18). The minimum Gasteiger partial charge on any atom is -0.364 e. The molecule has 1 rings (SSSR count). The van der Waals surface area contributed by atoms with Crippen molar-refractivity contribution in [3.05, 3.63) is 34.9 Å². The molecule has 18 heavy (non-hydrogen) atoms. The van der Waals surface area contributed by atoms with Gasteiger partial charge in [0.15, 0.2) is 10.2 Å². The minimum atomic E-state index is 0.483. The molecule has 0 amide bonds. The van der Waals surface area contributed by atoms with Crippen molar-refractivity contribution in [2.75, 3.05) is 13.6 Å². The Morgan fingerprint density at radius 3 is 2.33 bits per heavy atom. The van der Waals surface area contributed by atoms with Crippen LogP contribution in [0.4, 0.5) is 0 Å². The maximum absolute atomic E-state index is 5.81. The molecule has 1 aromatic rings. The maximum atomic E-state index is 5.81. The average Bonchev–Trinajstić information content (AvgIpc) is 2.38. The average molecular weight is 303 g/mol. The highest BCUT2D eigenvalue weighted by molar-refractivity contribution is 7.80. The van der Waals surface area contributed by atoms with Gasteiger partial charge in [0.25, 0.3) is 0 Å². The first-order chi connectivity index (χ1) is 8.61. The molecule has 0 spiro atoms. The van der Waals surface area contributed by atoms with Crippen LogP contribution in [0.3, 0.4) is 0 Å². The third kappa shape index (κ3) is 6.00. The lowest BCUT2D eigenvalue weighted by molar-refractivity contribution is 0.784. The number of halogens is 1. The van der Waals surface area contributed by atoms with E-state index in [1.807, 2.05) is 24.3 Å². The summed E-state index contributed by atoms with van der Waals surface area (Å²) in [6, 6.07) is 7.74. The summed E-state index contributed by atoms with van der Waals surface area (Å²) in [4.78, 5) is 0. The Hall–Kier alpha value is -1.11. The second kappa shape index (κ2) is 8.07. The van der Waals surface area contributed by atoms with E-state index in [-0.39, 0.29) is 0 Å². The van der Waals surface area contributed by atoms with Gasteiger partial charge in [0.05, 0.1) is 0 Å². The van der Waals surface area contributed by atoms with Gasteiger partial charge in [-0.25, -0.2) is 0 Å². The molecule has 0 aliphatic carbocycles. The van der Waals surface area contributed by atoms with Crippen molar-refractivity contribution >= 4 is 46.3 Å². The normalized spacial score (nSPS) is 9.44. The summed E-state index contributed by atoms with van der Waals surface area (Å²) in [5.74, 6) is 0. The summed E-state index contributed by atoms with van der Waals surface area (Å²) in [7, 11) is 1.73. The summed E-state index contributed by atoms with van der Waals surface area (Å²) in [6.07, 6.45) is 0.870. The fourth-order valence-electron chi connectivity index (χ4n) is 1.19. The van der Waals surface area contributed by atoms with Gasteiger partial charge < -0.3 is 10.6 Å². The van der Waals surface area contributed by atoms with Crippen molar-refractivity contribution in [1.82, 2.24) is 21.5 Å². The van der Waals surface area contributed by atoms with Gasteiger partial charge >= 0.3 is 0 Å². The first-order valence-electron chi connectivity index (χ1n) is 5.38. The van der Waals surface area contributed by atoms with Crippen LogP contribution < -0.4 is 21.5 Å². The number of rotatable bonds is 3. The van der Waals surface area contributed by atoms with Crippen LogP contribution in [0.5, 0.6) is 0 Å². The van der Waals surface area contributed by atoms with E-state index < -0.39 is 0 Å². The molecule has 1 aromatic carbocycles. The Morgan fingerprint density at radius 1 is 1.11 bits per heavy atom. The lowest BCUT2D eigenvalue weighted by atomic mass is 10.1. The number of benzene rings is 1. The molecular weight excluding hydrogens is 288 g/mol. The van der Waals surface area contributed by atoms with Crippen LogP contribution in [0.25, 0.3) is 0 Å². The molecule has 0 aromatic heterocycles. The fraction of sp³-hybridized carbons (Fsp3) is 0.273. The van der Waals surface area contributed by atoms with Gasteiger partial charge in [-0.15, -0.1) is 0 Å². The summed E-state index contributed by atoms with van der Waals surface area (Å²) >= 11 is 15.8. The van der Waals surface area contributed by atoms with Crippen LogP contribution in [-0.4, -0.2) is 23.8 Å². The van der Waals surface area contributed by atoms with E-state index in [2.05, 4.69) is 21.5 Å². The first kappa shape index (κ1) is 14.9. The zero-order valence-corrected chi connectivity index (χ0v) is 12.3. The van der Waals surface area contributed by atoms with Gasteiger partial charge in [-0.2, -0.15) is 0 Å². The summed E-state index contributed by atoms with van der Waals surface area (Å²) in [5, 5.41) is 7.56. The molecule has 0 unspecified atom stereocenters. The van der Waals surface area contributed by atoms with E-state index in [1.54, 1.807) is 7.05 Å². The van der Waals surface area contributed by atoms with E-state index in [4.69, 9.17) is 36.0 Å². The molecular formula is C11H15ClN4S2. The highest BCUT2D eigenvalue weighted by atomic mass is 35.5. The topological polar surface area (TPSA) is 48.1 Å². The first-order valence-corrected chi connectivity index (χ1v) is 6.57. The predicted octanol–water partition coefficient (Wildman–Crippen LogP) is 1.36. The van der Waals surface area contributed by atoms with Crippen molar-refractivity contribution in [2.45, 2.75) is 6.42 Å². The van der Waals surface area contributed by atoms with Crippen molar-refractivity contribution in [1.29, 1.82) is 0 Å². The van der Waals surface area contributed by atoms with Crippen LogP contribution in [0.2, 0.25) is 5.02 Å². The fourth-order valence-corrected chi connectivity index (χ4v) is 1.52. The Morgan fingerprint density at radius 2 is 1.72 bits per heavy atom. The number of hydrogen-bond acceptors (Lipinski definition) is 2. The molecule has 4 nitrogen and oxygen atoms in total. The van der Waals surface area contributed by atoms with E-state index in [0.717, 1.165) is 18.0 Å². The van der Waals surface area contributed by atoms with E-state index >= 15 is 0 Å². The minimum absolute atomic E-state index is 0.483. The zero-order valence-electron chi connectivity index (χ0n) is 9.92. The summed E-state index contributed by atoms with van der Waals surface area (Å²) in [5.41, 5.74) is 6.71. The SMILES string of the molecule is CNC(=S)NNC(=S)NCCc1ccc(Cl)cc1. The molecule has 0 radical (unpaired) electrons. The number of hydrogen-bond donors (Lipinski definition) is 4. The zero-order chi connectivity index (χ0) is 13.4. The van der Waals surface area contributed by atoms with Gasteiger partial charge in [0.1, 0.15) is 0 Å².